The number of hydrogen-bond donors (Lipinski definition) is 0. The molecular weight excluding hydrogens is 220 g/mol. The van der Waals surface area contributed by atoms with Crippen LogP contribution < -0.4 is 0 Å². The van der Waals surface area contributed by atoms with E-state index in [-0.39, 0.29) is 12.3 Å². The molecule has 0 spiro atoms. The highest BCUT2D eigenvalue weighted by Gasteiger charge is 2.14. The minimum absolute atomic E-state index is 0.0684. The first-order valence-electron chi connectivity index (χ1n) is 6.19. The van der Waals surface area contributed by atoms with Crippen LogP contribution in [0.2, 0.25) is 0 Å². The summed E-state index contributed by atoms with van der Waals surface area (Å²) in [4.78, 5) is 10.9. The van der Waals surface area contributed by atoms with E-state index in [1.807, 2.05) is 0 Å². The van der Waals surface area contributed by atoms with Gasteiger partial charge in [0.2, 0.25) is 0 Å². The van der Waals surface area contributed by atoms with Crippen LogP contribution in [-0.4, -0.2) is 32.6 Å². The third-order valence-corrected chi connectivity index (χ3v) is 2.77. The number of allylic oxidation sites excluding steroid dienone is 1. The second kappa shape index (κ2) is 8.25. The second-order valence-electron chi connectivity index (χ2n) is 4.24. The first-order chi connectivity index (χ1) is 8.22. The minimum atomic E-state index is -0.156. The standard InChI is InChI=1S/C13H22O4/c1-11(5-3-6-12(14)15-2)7-8-13-16-9-4-10-17-13/h13H,1,3-10H2,2H3. The van der Waals surface area contributed by atoms with Crippen LogP contribution in [0.4, 0.5) is 0 Å². The third kappa shape index (κ3) is 6.44. The van der Waals surface area contributed by atoms with Crippen LogP contribution in [0.3, 0.4) is 0 Å². The summed E-state index contributed by atoms with van der Waals surface area (Å²) in [7, 11) is 1.41. The molecule has 1 fully saturated rings. The van der Waals surface area contributed by atoms with Crippen LogP contribution in [0.15, 0.2) is 12.2 Å². The third-order valence-electron chi connectivity index (χ3n) is 2.77. The number of esters is 1. The lowest BCUT2D eigenvalue weighted by Gasteiger charge is -2.23. The largest absolute Gasteiger partial charge is 0.469 e. The number of hydrogen-bond acceptors (Lipinski definition) is 4. The van der Waals surface area contributed by atoms with E-state index in [1.54, 1.807) is 0 Å². The zero-order valence-corrected chi connectivity index (χ0v) is 10.6. The van der Waals surface area contributed by atoms with Crippen LogP contribution in [-0.2, 0) is 19.0 Å². The predicted octanol–water partition coefficient (Wildman–Crippen LogP) is 2.43. The van der Waals surface area contributed by atoms with Crippen LogP contribution >= 0.6 is 0 Å². The molecule has 0 aromatic rings. The van der Waals surface area contributed by atoms with Gasteiger partial charge >= 0.3 is 5.97 Å². The van der Waals surface area contributed by atoms with Gasteiger partial charge in [0.1, 0.15) is 0 Å². The molecule has 1 heterocycles. The van der Waals surface area contributed by atoms with Crippen LogP contribution in [0.5, 0.6) is 0 Å². The molecule has 0 unspecified atom stereocenters. The van der Waals surface area contributed by atoms with Gasteiger partial charge in [-0.1, -0.05) is 12.2 Å². The smallest absolute Gasteiger partial charge is 0.305 e. The van der Waals surface area contributed by atoms with Gasteiger partial charge < -0.3 is 14.2 Å². The van der Waals surface area contributed by atoms with E-state index in [2.05, 4.69) is 11.3 Å². The molecule has 0 aromatic carbocycles. The van der Waals surface area contributed by atoms with Crippen molar-refractivity contribution in [1.82, 2.24) is 0 Å². The molecule has 98 valence electrons. The first-order valence-corrected chi connectivity index (χ1v) is 6.19. The van der Waals surface area contributed by atoms with Gasteiger partial charge in [0, 0.05) is 12.8 Å². The quantitative estimate of drug-likeness (QED) is 0.508. The maximum Gasteiger partial charge on any atom is 0.305 e. The van der Waals surface area contributed by atoms with Gasteiger partial charge in [-0.2, -0.15) is 0 Å². The summed E-state index contributed by atoms with van der Waals surface area (Å²) in [6, 6.07) is 0. The van der Waals surface area contributed by atoms with Crippen LogP contribution in [0.1, 0.15) is 38.5 Å². The molecule has 0 atom stereocenters. The normalized spacial score (nSPS) is 16.8. The van der Waals surface area contributed by atoms with Gasteiger partial charge in [-0.05, 0) is 25.7 Å². The highest BCUT2D eigenvalue weighted by atomic mass is 16.7. The second-order valence-corrected chi connectivity index (χ2v) is 4.24. The molecule has 4 heteroatoms. The van der Waals surface area contributed by atoms with Gasteiger partial charge in [0.05, 0.1) is 20.3 Å². The zero-order chi connectivity index (χ0) is 12.5. The van der Waals surface area contributed by atoms with E-state index in [9.17, 15) is 4.79 Å². The van der Waals surface area contributed by atoms with Crippen molar-refractivity contribution in [1.29, 1.82) is 0 Å². The highest BCUT2D eigenvalue weighted by molar-refractivity contribution is 5.69. The van der Waals surface area contributed by atoms with E-state index >= 15 is 0 Å². The van der Waals surface area contributed by atoms with Crippen molar-refractivity contribution >= 4 is 5.97 Å². The lowest BCUT2D eigenvalue weighted by molar-refractivity contribution is -0.180. The maximum absolute atomic E-state index is 10.9. The lowest BCUT2D eigenvalue weighted by Crippen LogP contribution is -2.24. The number of methoxy groups -OCH3 is 1. The summed E-state index contributed by atoms with van der Waals surface area (Å²) in [5, 5.41) is 0. The Morgan fingerprint density at radius 2 is 2.00 bits per heavy atom. The lowest BCUT2D eigenvalue weighted by atomic mass is 10.1. The van der Waals surface area contributed by atoms with Crippen molar-refractivity contribution in [3.8, 4) is 0 Å². The van der Waals surface area contributed by atoms with E-state index in [0.717, 1.165) is 50.9 Å². The maximum atomic E-state index is 10.9. The topological polar surface area (TPSA) is 44.8 Å². The summed E-state index contributed by atoms with van der Waals surface area (Å²) < 4.78 is 15.5. The van der Waals surface area contributed by atoms with Gasteiger partial charge in [-0.3, -0.25) is 4.79 Å². The molecule has 0 amide bonds. The van der Waals surface area contributed by atoms with Gasteiger partial charge in [-0.15, -0.1) is 0 Å². The molecule has 1 aliphatic rings. The molecule has 1 saturated heterocycles. The van der Waals surface area contributed by atoms with Crippen molar-refractivity contribution < 1.29 is 19.0 Å². The predicted molar refractivity (Wildman–Crippen MR) is 64.6 cm³/mol. The fourth-order valence-corrected chi connectivity index (χ4v) is 1.74. The number of carbonyl (C=O) groups excluding carboxylic acids is 1. The Labute approximate surface area is 103 Å². The van der Waals surface area contributed by atoms with Gasteiger partial charge in [0.15, 0.2) is 6.29 Å². The minimum Gasteiger partial charge on any atom is -0.469 e. The van der Waals surface area contributed by atoms with E-state index in [0.29, 0.717) is 6.42 Å². The van der Waals surface area contributed by atoms with Crippen molar-refractivity contribution in [2.75, 3.05) is 20.3 Å². The molecule has 0 radical (unpaired) electrons. The fourth-order valence-electron chi connectivity index (χ4n) is 1.74. The Morgan fingerprint density at radius 3 is 2.65 bits per heavy atom. The Hall–Kier alpha value is -0.870. The van der Waals surface area contributed by atoms with Gasteiger partial charge in [0.25, 0.3) is 0 Å². The van der Waals surface area contributed by atoms with Crippen LogP contribution in [0, 0.1) is 0 Å². The van der Waals surface area contributed by atoms with Crippen LogP contribution in [0.25, 0.3) is 0 Å². The molecule has 0 bridgehead atoms. The molecule has 4 nitrogen and oxygen atoms in total. The highest BCUT2D eigenvalue weighted by Crippen LogP contribution is 2.17. The number of rotatable bonds is 7. The summed E-state index contributed by atoms with van der Waals surface area (Å²) in [6.07, 6.45) is 4.80. The molecule has 1 rings (SSSR count). The van der Waals surface area contributed by atoms with Crippen molar-refractivity contribution in [2.45, 2.75) is 44.8 Å². The Morgan fingerprint density at radius 1 is 1.29 bits per heavy atom. The average Bonchev–Trinajstić information content (AvgIpc) is 2.37. The molecular formula is C13H22O4. The van der Waals surface area contributed by atoms with Crippen molar-refractivity contribution in [2.24, 2.45) is 0 Å². The summed E-state index contributed by atoms with van der Waals surface area (Å²) in [5.41, 5.74) is 1.15. The first kappa shape index (κ1) is 14.2. The molecule has 17 heavy (non-hydrogen) atoms. The fraction of sp³-hybridized carbons (Fsp3) is 0.769. The number of carbonyl (C=O) groups is 1. The van der Waals surface area contributed by atoms with Crippen molar-refractivity contribution in [3.63, 3.8) is 0 Å². The monoisotopic (exact) mass is 242 g/mol. The van der Waals surface area contributed by atoms with Crippen molar-refractivity contribution in [3.05, 3.63) is 12.2 Å². The van der Waals surface area contributed by atoms with Gasteiger partial charge in [-0.25, -0.2) is 0 Å². The molecule has 0 saturated carbocycles. The Kier molecular flexibility index (Phi) is 6.89. The molecule has 1 aliphatic heterocycles. The molecule has 0 N–H and O–H groups in total. The van der Waals surface area contributed by atoms with E-state index < -0.39 is 0 Å². The zero-order valence-electron chi connectivity index (χ0n) is 10.6. The Bertz CT molecular complexity index is 244. The van der Waals surface area contributed by atoms with E-state index in [1.165, 1.54) is 7.11 Å². The molecule has 0 aromatic heterocycles. The Balaban J connectivity index is 2.02. The SMILES string of the molecule is C=C(CCCC(=O)OC)CCC1OCCCO1. The average molecular weight is 242 g/mol. The molecule has 0 aliphatic carbocycles. The number of ether oxygens (including phenoxy) is 3. The summed E-state index contributed by atoms with van der Waals surface area (Å²) in [5.74, 6) is -0.156. The summed E-state index contributed by atoms with van der Waals surface area (Å²) in [6.45, 7) is 5.58. The van der Waals surface area contributed by atoms with E-state index in [4.69, 9.17) is 9.47 Å². The summed E-state index contributed by atoms with van der Waals surface area (Å²) >= 11 is 0.